The smallest absolute Gasteiger partial charge is 0.325 e. The molecule has 1 aliphatic heterocycles. The van der Waals surface area contributed by atoms with Crippen molar-refractivity contribution in [2.24, 2.45) is 0 Å². The molecule has 0 bridgehead atoms. The number of fused-ring (bicyclic) bond motifs is 1. The molecule has 3 rings (SSSR count). The van der Waals surface area contributed by atoms with Gasteiger partial charge >= 0.3 is 5.97 Å². The van der Waals surface area contributed by atoms with E-state index in [1.165, 1.54) is 11.2 Å². The summed E-state index contributed by atoms with van der Waals surface area (Å²) in [6, 6.07) is 11.4. The van der Waals surface area contributed by atoms with E-state index in [9.17, 15) is 18.0 Å². The Morgan fingerprint density at radius 2 is 1.76 bits per heavy atom. The number of sulfonamides is 1. The van der Waals surface area contributed by atoms with Crippen molar-refractivity contribution in [2.75, 3.05) is 6.54 Å². The van der Waals surface area contributed by atoms with E-state index < -0.39 is 27.6 Å². The first-order valence-electron chi connectivity index (χ1n) is 9.38. The van der Waals surface area contributed by atoms with Crippen molar-refractivity contribution in [1.29, 1.82) is 0 Å². The highest BCUT2D eigenvalue weighted by atomic mass is 32.2. The van der Waals surface area contributed by atoms with Gasteiger partial charge in [0.25, 0.3) is 0 Å². The minimum absolute atomic E-state index is 0.0866. The van der Waals surface area contributed by atoms with Crippen LogP contribution in [-0.4, -0.2) is 47.2 Å². The lowest BCUT2D eigenvalue weighted by molar-refractivity contribution is -0.158. The van der Waals surface area contributed by atoms with Crippen LogP contribution >= 0.6 is 11.8 Å². The second-order valence-corrected chi connectivity index (χ2v) is 11.5. The molecule has 0 aromatic heterocycles. The number of carbonyl (C=O) groups is 2. The molecule has 2 aromatic rings. The number of carbonyl (C=O) groups excluding carboxylic acids is 2. The van der Waals surface area contributed by atoms with E-state index >= 15 is 0 Å². The Balaban J connectivity index is 1.97. The summed E-state index contributed by atoms with van der Waals surface area (Å²) in [6.45, 7) is 6.74. The van der Waals surface area contributed by atoms with Crippen LogP contribution in [0.25, 0.3) is 10.8 Å². The first-order valence-corrected chi connectivity index (χ1v) is 11.7. The minimum Gasteiger partial charge on any atom is -0.459 e. The van der Waals surface area contributed by atoms with E-state index in [1.54, 1.807) is 39.0 Å². The van der Waals surface area contributed by atoms with Gasteiger partial charge in [-0.25, -0.2) is 8.42 Å². The van der Waals surface area contributed by atoms with Gasteiger partial charge in [0.2, 0.25) is 10.0 Å². The molecule has 6 nitrogen and oxygen atoms in total. The third kappa shape index (κ3) is 4.99. The summed E-state index contributed by atoms with van der Waals surface area (Å²) in [4.78, 5) is 24.5. The Morgan fingerprint density at radius 1 is 1.10 bits per heavy atom. The first kappa shape index (κ1) is 21.8. The number of nitrogens with zero attached hydrogens (tertiary/aromatic N) is 1. The van der Waals surface area contributed by atoms with Gasteiger partial charge < -0.3 is 4.74 Å². The van der Waals surface area contributed by atoms with Crippen molar-refractivity contribution in [3.05, 3.63) is 42.5 Å². The number of hydrogen-bond acceptors (Lipinski definition) is 6. The van der Waals surface area contributed by atoms with Crippen molar-refractivity contribution in [3.63, 3.8) is 0 Å². The standard InChI is InChI=1S/C21H25NO5S2/c1-14(23)28-17-12-19(20(24)27-21(2,3)4)22(13-17)29(25,26)18-10-9-15-7-5-6-8-16(15)11-18/h5-11,17,19H,12-13H2,1-4H3. The lowest BCUT2D eigenvalue weighted by atomic mass is 10.1. The van der Waals surface area contributed by atoms with Crippen LogP contribution in [0.2, 0.25) is 0 Å². The monoisotopic (exact) mass is 435 g/mol. The average Bonchev–Trinajstić information content (AvgIpc) is 3.04. The summed E-state index contributed by atoms with van der Waals surface area (Å²) in [7, 11) is -3.94. The molecule has 0 aliphatic carbocycles. The highest BCUT2D eigenvalue weighted by molar-refractivity contribution is 8.14. The van der Waals surface area contributed by atoms with Crippen molar-refractivity contribution in [1.82, 2.24) is 4.31 Å². The van der Waals surface area contributed by atoms with Gasteiger partial charge in [-0.1, -0.05) is 42.1 Å². The van der Waals surface area contributed by atoms with Crippen LogP contribution in [-0.2, 0) is 24.3 Å². The fourth-order valence-electron chi connectivity index (χ4n) is 3.40. The topological polar surface area (TPSA) is 80.8 Å². The quantitative estimate of drug-likeness (QED) is 0.683. The normalized spacial score (nSPS) is 20.7. The largest absolute Gasteiger partial charge is 0.459 e. The predicted octanol–water partition coefficient (Wildman–Crippen LogP) is 3.59. The molecule has 8 heteroatoms. The molecule has 1 fully saturated rings. The van der Waals surface area contributed by atoms with Gasteiger partial charge in [-0.15, -0.1) is 0 Å². The van der Waals surface area contributed by atoms with Gasteiger partial charge in [-0.2, -0.15) is 4.31 Å². The van der Waals surface area contributed by atoms with Gasteiger partial charge in [0.1, 0.15) is 11.6 Å². The summed E-state index contributed by atoms with van der Waals surface area (Å²) < 4.78 is 33.5. The molecule has 0 spiro atoms. The summed E-state index contributed by atoms with van der Waals surface area (Å²) in [5, 5.41) is 1.33. The SMILES string of the molecule is CC(=O)SC1CC(C(=O)OC(C)(C)C)N(S(=O)(=O)c2ccc3ccccc3c2)C1. The Kier molecular flexibility index (Phi) is 6.08. The molecule has 0 radical (unpaired) electrons. The number of benzene rings is 2. The van der Waals surface area contributed by atoms with Crippen molar-refractivity contribution >= 4 is 43.6 Å². The second-order valence-electron chi connectivity index (χ2n) is 8.10. The number of rotatable bonds is 4. The molecule has 2 atom stereocenters. The molecule has 156 valence electrons. The van der Waals surface area contributed by atoms with E-state index in [4.69, 9.17) is 4.74 Å². The average molecular weight is 436 g/mol. The molecule has 0 N–H and O–H groups in total. The van der Waals surface area contributed by atoms with E-state index in [0.717, 1.165) is 22.5 Å². The van der Waals surface area contributed by atoms with Crippen LogP contribution in [0.5, 0.6) is 0 Å². The summed E-state index contributed by atoms with van der Waals surface area (Å²) >= 11 is 1.07. The summed E-state index contributed by atoms with van der Waals surface area (Å²) in [6.07, 6.45) is 0.242. The lowest BCUT2D eigenvalue weighted by Gasteiger charge is -2.27. The number of thioether (sulfide) groups is 1. The van der Waals surface area contributed by atoms with E-state index in [0.29, 0.717) is 0 Å². The molecule has 2 unspecified atom stereocenters. The van der Waals surface area contributed by atoms with Crippen molar-refractivity contribution in [2.45, 2.75) is 55.9 Å². The molecular formula is C21H25NO5S2. The summed E-state index contributed by atoms with van der Waals surface area (Å²) in [5.74, 6) is -0.589. The first-order chi connectivity index (χ1) is 13.5. The van der Waals surface area contributed by atoms with Crippen LogP contribution in [0, 0.1) is 0 Å². The Morgan fingerprint density at radius 3 is 2.38 bits per heavy atom. The molecule has 0 amide bonds. The maximum atomic E-state index is 13.4. The van der Waals surface area contributed by atoms with Crippen molar-refractivity contribution in [3.8, 4) is 0 Å². The number of esters is 1. The van der Waals surface area contributed by atoms with E-state index in [-0.39, 0.29) is 28.2 Å². The number of ether oxygens (including phenoxy) is 1. The van der Waals surface area contributed by atoms with Crippen LogP contribution in [0.3, 0.4) is 0 Å². The van der Waals surface area contributed by atoms with Gasteiger partial charge in [-0.05, 0) is 50.1 Å². The van der Waals surface area contributed by atoms with Crippen LogP contribution in [0.4, 0.5) is 0 Å². The maximum absolute atomic E-state index is 13.4. The van der Waals surface area contributed by atoms with Gasteiger partial charge in [0.15, 0.2) is 5.12 Å². The minimum atomic E-state index is -3.94. The Hall–Kier alpha value is -1.90. The predicted molar refractivity (Wildman–Crippen MR) is 114 cm³/mol. The fourth-order valence-corrected chi connectivity index (χ4v) is 6.15. The van der Waals surface area contributed by atoms with Gasteiger partial charge in [0.05, 0.1) is 4.90 Å². The lowest BCUT2D eigenvalue weighted by Crippen LogP contribution is -2.43. The second kappa shape index (κ2) is 8.08. The van der Waals surface area contributed by atoms with Crippen molar-refractivity contribution < 1.29 is 22.7 Å². The third-order valence-corrected chi connectivity index (χ3v) is 7.43. The van der Waals surface area contributed by atoms with E-state index in [1.807, 2.05) is 24.3 Å². The highest BCUT2D eigenvalue weighted by Crippen LogP contribution is 2.34. The van der Waals surface area contributed by atoms with Gasteiger partial charge in [0, 0.05) is 18.7 Å². The molecule has 0 saturated carbocycles. The molecule has 29 heavy (non-hydrogen) atoms. The molecule has 1 heterocycles. The molecule has 2 aromatic carbocycles. The summed E-state index contributed by atoms with van der Waals surface area (Å²) in [5.41, 5.74) is -0.735. The zero-order valence-electron chi connectivity index (χ0n) is 16.9. The molecular weight excluding hydrogens is 410 g/mol. The maximum Gasteiger partial charge on any atom is 0.325 e. The third-order valence-electron chi connectivity index (χ3n) is 4.56. The molecule has 1 saturated heterocycles. The highest BCUT2D eigenvalue weighted by Gasteiger charge is 2.46. The van der Waals surface area contributed by atoms with E-state index in [2.05, 4.69) is 0 Å². The fraction of sp³-hybridized carbons (Fsp3) is 0.429. The number of hydrogen-bond donors (Lipinski definition) is 0. The van der Waals surface area contributed by atoms with Crippen LogP contribution in [0.1, 0.15) is 34.1 Å². The molecule has 1 aliphatic rings. The Bertz CT molecular complexity index is 1040. The van der Waals surface area contributed by atoms with Crippen LogP contribution in [0.15, 0.2) is 47.4 Å². The van der Waals surface area contributed by atoms with Gasteiger partial charge in [-0.3, -0.25) is 9.59 Å². The van der Waals surface area contributed by atoms with Crippen LogP contribution < -0.4 is 0 Å². The zero-order chi connectivity index (χ0) is 21.4. The Labute approximate surface area is 175 Å². The zero-order valence-corrected chi connectivity index (χ0v) is 18.5.